The van der Waals surface area contributed by atoms with Gasteiger partial charge in [0, 0.05) is 0 Å². The first-order valence-corrected chi connectivity index (χ1v) is 6.35. The second-order valence-electron chi connectivity index (χ2n) is 3.45. The predicted octanol–water partition coefficient (Wildman–Crippen LogP) is -0.432. The van der Waals surface area contributed by atoms with Gasteiger partial charge in [0.15, 0.2) is 16.7 Å². The summed E-state index contributed by atoms with van der Waals surface area (Å²) < 4.78 is 25.5. The van der Waals surface area contributed by atoms with Crippen molar-refractivity contribution in [2.75, 3.05) is 4.72 Å². The van der Waals surface area contributed by atoms with Gasteiger partial charge < -0.3 is 10.1 Å². The van der Waals surface area contributed by atoms with Crippen LogP contribution in [-0.4, -0.2) is 44.7 Å². The van der Waals surface area contributed by atoms with E-state index in [1.807, 2.05) is 0 Å². The number of carboxylic acids is 1. The Balaban J connectivity index is 2.40. The molecular formula is C8H9N5O4S. The fourth-order valence-corrected chi connectivity index (χ4v) is 2.06. The minimum absolute atomic E-state index is 0.0365. The van der Waals surface area contributed by atoms with Gasteiger partial charge in [0.2, 0.25) is 10.0 Å². The lowest BCUT2D eigenvalue weighted by Crippen LogP contribution is -2.32. The quantitative estimate of drug-likeness (QED) is 0.685. The number of rotatable bonds is 4. The smallest absolute Gasteiger partial charge is 0.323 e. The fraction of sp³-hybridized carbons (Fsp3) is 0.250. The van der Waals surface area contributed by atoms with E-state index in [1.165, 1.54) is 6.33 Å². The van der Waals surface area contributed by atoms with Gasteiger partial charge in [-0.15, -0.1) is 0 Å². The molecule has 18 heavy (non-hydrogen) atoms. The Labute approximate surface area is 101 Å². The fourth-order valence-electron chi connectivity index (χ4n) is 1.20. The summed E-state index contributed by atoms with van der Waals surface area (Å²) in [6.07, 6.45) is 2.46. The van der Waals surface area contributed by atoms with E-state index in [1.54, 1.807) is 0 Å². The average molecular weight is 271 g/mol. The number of imidazole rings is 1. The molecule has 9 nitrogen and oxygen atoms in total. The second-order valence-corrected chi connectivity index (χ2v) is 5.45. The largest absolute Gasteiger partial charge is 0.480 e. The lowest BCUT2D eigenvalue weighted by molar-refractivity contribution is -0.136. The summed E-state index contributed by atoms with van der Waals surface area (Å²) in [4.78, 5) is 24.7. The van der Waals surface area contributed by atoms with Crippen LogP contribution >= 0.6 is 0 Å². The standard InChI is InChI=1S/C8H9N5O4S/c1-4(8(14)15)18(16,17)13-7-5-6(10-2-9-5)11-3-12-7/h2-4H,1H3,(H,14,15)(H2,9,10,11,12,13). The summed E-state index contributed by atoms with van der Waals surface area (Å²) in [6.45, 7) is 1.07. The van der Waals surface area contributed by atoms with Crippen LogP contribution in [0.15, 0.2) is 12.7 Å². The molecule has 0 aromatic carbocycles. The number of carbonyl (C=O) groups is 1. The Hall–Kier alpha value is -2.23. The number of aromatic amines is 1. The van der Waals surface area contributed by atoms with E-state index in [-0.39, 0.29) is 11.5 Å². The van der Waals surface area contributed by atoms with Crippen molar-refractivity contribution in [3.8, 4) is 0 Å². The average Bonchev–Trinajstić information content (AvgIpc) is 2.76. The SMILES string of the molecule is CC(C(=O)O)S(=O)(=O)Nc1ncnc2nc[nH]c12. The van der Waals surface area contributed by atoms with Gasteiger partial charge >= 0.3 is 5.97 Å². The molecule has 0 aliphatic heterocycles. The van der Waals surface area contributed by atoms with Crippen molar-refractivity contribution in [2.45, 2.75) is 12.2 Å². The first-order chi connectivity index (χ1) is 8.42. The van der Waals surface area contributed by atoms with Crippen molar-refractivity contribution in [2.24, 2.45) is 0 Å². The number of nitrogens with zero attached hydrogens (tertiary/aromatic N) is 3. The predicted molar refractivity (Wildman–Crippen MR) is 61.3 cm³/mol. The molecule has 0 amide bonds. The maximum absolute atomic E-state index is 11.7. The van der Waals surface area contributed by atoms with Crippen molar-refractivity contribution in [3.05, 3.63) is 12.7 Å². The van der Waals surface area contributed by atoms with Gasteiger partial charge in [-0.1, -0.05) is 0 Å². The number of fused-ring (bicyclic) bond motifs is 1. The first-order valence-electron chi connectivity index (χ1n) is 4.80. The summed E-state index contributed by atoms with van der Waals surface area (Å²) >= 11 is 0. The van der Waals surface area contributed by atoms with Crippen molar-refractivity contribution >= 4 is 33.0 Å². The third kappa shape index (κ3) is 2.09. The van der Waals surface area contributed by atoms with Crippen molar-refractivity contribution in [1.29, 1.82) is 0 Å². The summed E-state index contributed by atoms with van der Waals surface area (Å²) in [5.41, 5.74) is 0.573. The third-order valence-corrected chi connectivity index (χ3v) is 3.89. The van der Waals surface area contributed by atoms with Crippen LogP contribution in [0.25, 0.3) is 11.2 Å². The Morgan fingerprint density at radius 3 is 2.83 bits per heavy atom. The van der Waals surface area contributed by atoms with E-state index < -0.39 is 21.2 Å². The molecule has 3 N–H and O–H groups in total. The van der Waals surface area contributed by atoms with Crippen LogP contribution in [0, 0.1) is 0 Å². The Kier molecular flexibility index (Phi) is 2.87. The molecule has 0 saturated heterocycles. The highest BCUT2D eigenvalue weighted by Crippen LogP contribution is 2.17. The molecule has 0 aliphatic rings. The van der Waals surface area contributed by atoms with Gasteiger partial charge in [0.1, 0.15) is 11.8 Å². The highest BCUT2D eigenvalue weighted by atomic mass is 32.2. The zero-order chi connectivity index (χ0) is 13.3. The minimum atomic E-state index is -4.07. The Morgan fingerprint density at radius 2 is 2.17 bits per heavy atom. The molecule has 0 radical (unpaired) electrons. The zero-order valence-electron chi connectivity index (χ0n) is 9.15. The molecule has 1 unspecified atom stereocenters. The number of aliphatic carboxylic acids is 1. The summed E-state index contributed by atoms with van der Waals surface area (Å²) in [7, 11) is -4.07. The molecule has 0 aliphatic carbocycles. The summed E-state index contributed by atoms with van der Waals surface area (Å²) in [5, 5.41) is 7.10. The van der Waals surface area contributed by atoms with Crippen LogP contribution in [0.4, 0.5) is 5.82 Å². The van der Waals surface area contributed by atoms with Gasteiger partial charge in [0.05, 0.1) is 6.33 Å². The van der Waals surface area contributed by atoms with Gasteiger partial charge in [-0.3, -0.25) is 9.52 Å². The maximum Gasteiger partial charge on any atom is 0.323 e. The number of hydrogen-bond acceptors (Lipinski definition) is 6. The van der Waals surface area contributed by atoms with Crippen LogP contribution in [-0.2, 0) is 14.8 Å². The van der Waals surface area contributed by atoms with Crippen LogP contribution in [0.1, 0.15) is 6.92 Å². The van der Waals surface area contributed by atoms with Crippen LogP contribution in [0.2, 0.25) is 0 Å². The van der Waals surface area contributed by atoms with Crippen molar-refractivity contribution in [3.63, 3.8) is 0 Å². The third-order valence-electron chi connectivity index (χ3n) is 2.28. The number of hydrogen-bond donors (Lipinski definition) is 3. The number of carboxylic acid groups (broad SMARTS) is 1. The van der Waals surface area contributed by atoms with E-state index in [0.717, 1.165) is 13.3 Å². The lowest BCUT2D eigenvalue weighted by atomic mass is 10.5. The molecule has 0 bridgehead atoms. The number of H-pyrrole nitrogens is 1. The molecule has 96 valence electrons. The van der Waals surface area contributed by atoms with E-state index in [2.05, 4.69) is 24.7 Å². The van der Waals surface area contributed by atoms with Crippen LogP contribution in [0.3, 0.4) is 0 Å². The van der Waals surface area contributed by atoms with E-state index >= 15 is 0 Å². The van der Waals surface area contributed by atoms with Crippen molar-refractivity contribution in [1.82, 2.24) is 19.9 Å². The Bertz CT molecular complexity index is 694. The number of aromatic nitrogens is 4. The zero-order valence-corrected chi connectivity index (χ0v) is 9.97. The molecular weight excluding hydrogens is 262 g/mol. The monoisotopic (exact) mass is 271 g/mol. The molecule has 2 rings (SSSR count). The molecule has 1 atom stereocenters. The number of nitrogens with one attached hydrogen (secondary N) is 2. The number of anilines is 1. The molecule has 2 heterocycles. The highest BCUT2D eigenvalue weighted by molar-refractivity contribution is 7.94. The normalized spacial score (nSPS) is 13.4. The second kappa shape index (κ2) is 4.22. The van der Waals surface area contributed by atoms with Gasteiger partial charge in [-0.2, -0.15) is 0 Å². The lowest BCUT2D eigenvalue weighted by Gasteiger charge is -2.10. The highest BCUT2D eigenvalue weighted by Gasteiger charge is 2.28. The molecule has 0 saturated carbocycles. The van der Waals surface area contributed by atoms with E-state index in [0.29, 0.717) is 5.52 Å². The van der Waals surface area contributed by atoms with Gasteiger partial charge in [0.25, 0.3) is 0 Å². The van der Waals surface area contributed by atoms with Crippen LogP contribution < -0.4 is 4.72 Å². The number of sulfonamides is 1. The van der Waals surface area contributed by atoms with Crippen LogP contribution in [0.5, 0.6) is 0 Å². The maximum atomic E-state index is 11.7. The molecule has 2 aromatic rings. The summed E-state index contributed by atoms with van der Waals surface area (Å²) in [5.74, 6) is -1.48. The van der Waals surface area contributed by atoms with Crippen molar-refractivity contribution < 1.29 is 18.3 Å². The molecule has 10 heteroatoms. The van der Waals surface area contributed by atoms with Gasteiger partial charge in [-0.05, 0) is 6.92 Å². The Morgan fingerprint density at radius 1 is 1.44 bits per heavy atom. The topological polar surface area (TPSA) is 138 Å². The molecule has 2 aromatic heterocycles. The summed E-state index contributed by atoms with van der Waals surface area (Å²) in [6, 6.07) is 0. The first kappa shape index (κ1) is 12.2. The minimum Gasteiger partial charge on any atom is -0.480 e. The van der Waals surface area contributed by atoms with E-state index in [4.69, 9.17) is 5.11 Å². The molecule has 0 fully saturated rings. The van der Waals surface area contributed by atoms with E-state index in [9.17, 15) is 13.2 Å². The van der Waals surface area contributed by atoms with Gasteiger partial charge in [-0.25, -0.2) is 23.4 Å². The molecule has 0 spiro atoms.